The molecule has 0 aliphatic carbocycles. The second-order valence-electron chi connectivity index (χ2n) is 5.80. The molecule has 1 N–H and O–H groups in total. The van der Waals surface area contributed by atoms with E-state index in [4.69, 9.17) is 0 Å². The molecule has 1 aromatic carbocycles. The van der Waals surface area contributed by atoms with Gasteiger partial charge in [0.15, 0.2) is 0 Å². The van der Waals surface area contributed by atoms with E-state index in [2.05, 4.69) is 41.4 Å². The number of nitrogens with one attached hydrogen (secondary N) is 1. The van der Waals surface area contributed by atoms with Crippen LogP contribution in [0.2, 0.25) is 0 Å². The lowest BCUT2D eigenvalue weighted by Crippen LogP contribution is -2.50. The van der Waals surface area contributed by atoms with Crippen molar-refractivity contribution in [3.63, 3.8) is 0 Å². The van der Waals surface area contributed by atoms with E-state index >= 15 is 0 Å². The van der Waals surface area contributed by atoms with Gasteiger partial charge in [-0.05, 0) is 12.1 Å². The van der Waals surface area contributed by atoms with Crippen LogP contribution in [0.25, 0.3) is 0 Å². The molecule has 1 heterocycles. The van der Waals surface area contributed by atoms with E-state index in [-0.39, 0.29) is 11.8 Å². The fourth-order valence-corrected chi connectivity index (χ4v) is 2.73. The van der Waals surface area contributed by atoms with Crippen LogP contribution >= 0.6 is 0 Å². The van der Waals surface area contributed by atoms with Crippen LogP contribution in [0.5, 0.6) is 0 Å². The Kier molecular flexibility index (Phi) is 6.21. The fourth-order valence-electron chi connectivity index (χ4n) is 2.73. The summed E-state index contributed by atoms with van der Waals surface area (Å²) in [7, 11) is 0. The van der Waals surface area contributed by atoms with Gasteiger partial charge in [-0.15, -0.1) is 0 Å². The largest absolute Gasteiger partial charge is 0.340 e. The first-order valence-corrected chi connectivity index (χ1v) is 7.96. The molecule has 0 radical (unpaired) electrons. The lowest BCUT2D eigenvalue weighted by Gasteiger charge is -2.36. The molecule has 2 rings (SSSR count). The number of hydrogen-bond donors (Lipinski definition) is 1. The number of carbonyl (C=O) groups is 1. The van der Waals surface area contributed by atoms with Crippen molar-refractivity contribution < 1.29 is 4.79 Å². The fraction of sp³-hybridized carbons (Fsp3) is 0.588. The summed E-state index contributed by atoms with van der Waals surface area (Å²) in [4.78, 5) is 16.8. The predicted octanol–water partition coefficient (Wildman–Crippen LogP) is 1.58. The highest BCUT2D eigenvalue weighted by Crippen LogP contribution is 2.10. The van der Waals surface area contributed by atoms with E-state index < -0.39 is 0 Å². The maximum absolute atomic E-state index is 12.3. The summed E-state index contributed by atoms with van der Waals surface area (Å²) in [5.74, 6) is 0.362. The Morgan fingerprint density at radius 3 is 2.48 bits per heavy atom. The molecule has 1 atom stereocenters. The smallest absolute Gasteiger partial charge is 0.226 e. The molecule has 4 nitrogen and oxygen atoms in total. The average Bonchev–Trinajstić information content (AvgIpc) is 2.53. The normalized spacial score (nSPS) is 17.7. The monoisotopic (exact) mass is 289 g/mol. The third-order valence-corrected chi connectivity index (χ3v) is 4.06. The van der Waals surface area contributed by atoms with Gasteiger partial charge in [0.05, 0.1) is 0 Å². The predicted molar refractivity (Wildman–Crippen MR) is 86.0 cm³/mol. The number of rotatable bonds is 6. The summed E-state index contributed by atoms with van der Waals surface area (Å²) in [6.45, 7) is 10.4. The lowest BCUT2D eigenvalue weighted by atomic mass is 10.1. The molecule has 21 heavy (non-hydrogen) atoms. The zero-order valence-corrected chi connectivity index (χ0v) is 13.2. The topological polar surface area (TPSA) is 35.6 Å². The zero-order chi connectivity index (χ0) is 15.1. The highest BCUT2D eigenvalue weighted by Gasteiger charge is 2.24. The number of amides is 1. The van der Waals surface area contributed by atoms with Gasteiger partial charge in [-0.1, -0.05) is 44.2 Å². The SMILES string of the molecule is CCNCC(C)C(=O)N1CCN(Cc2ccccc2)CC1. The first kappa shape index (κ1) is 16.0. The molecule has 0 aromatic heterocycles. The number of piperazine rings is 1. The van der Waals surface area contributed by atoms with Crippen LogP contribution in [0.15, 0.2) is 30.3 Å². The maximum Gasteiger partial charge on any atom is 0.226 e. The second-order valence-corrected chi connectivity index (χ2v) is 5.80. The summed E-state index contributed by atoms with van der Waals surface area (Å²) in [5, 5.41) is 3.25. The molecule has 1 unspecified atom stereocenters. The minimum atomic E-state index is 0.0747. The Hall–Kier alpha value is -1.39. The summed E-state index contributed by atoms with van der Waals surface area (Å²) in [5.41, 5.74) is 1.35. The zero-order valence-electron chi connectivity index (χ0n) is 13.2. The first-order chi connectivity index (χ1) is 10.2. The number of benzene rings is 1. The van der Waals surface area contributed by atoms with Crippen molar-refractivity contribution in [2.24, 2.45) is 5.92 Å². The van der Waals surface area contributed by atoms with Gasteiger partial charge >= 0.3 is 0 Å². The number of carbonyl (C=O) groups excluding carboxylic acids is 1. The van der Waals surface area contributed by atoms with E-state index in [0.717, 1.165) is 45.8 Å². The Morgan fingerprint density at radius 1 is 1.19 bits per heavy atom. The Morgan fingerprint density at radius 2 is 1.86 bits per heavy atom. The average molecular weight is 289 g/mol. The Labute approximate surface area is 128 Å². The van der Waals surface area contributed by atoms with Crippen molar-refractivity contribution in [1.82, 2.24) is 15.1 Å². The van der Waals surface area contributed by atoms with Gasteiger partial charge in [0.2, 0.25) is 5.91 Å². The van der Waals surface area contributed by atoms with Gasteiger partial charge in [-0.2, -0.15) is 0 Å². The Bertz CT molecular complexity index is 427. The van der Waals surface area contributed by atoms with E-state index in [1.807, 2.05) is 17.9 Å². The van der Waals surface area contributed by atoms with E-state index in [0.29, 0.717) is 0 Å². The van der Waals surface area contributed by atoms with Crippen LogP contribution in [0.1, 0.15) is 19.4 Å². The molecule has 4 heteroatoms. The minimum absolute atomic E-state index is 0.0747. The van der Waals surface area contributed by atoms with Crippen molar-refractivity contribution in [3.8, 4) is 0 Å². The van der Waals surface area contributed by atoms with Crippen LogP contribution in [0.3, 0.4) is 0 Å². The maximum atomic E-state index is 12.3. The summed E-state index contributed by atoms with van der Waals surface area (Å²) >= 11 is 0. The van der Waals surface area contributed by atoms with Crippen molar-refractivity contribution >= 4 is 5.91 Å². The van der Waals surface area contributed by atoms with Gasteiger partial charge in [0.1, 0.15) is 0 Å². The molecule has 0 bridgehead atoms. The number of nitrogens with zero attached hydrogens (tertiary/aromatic N) is 2. The molecule has 0 saturated carbocycles. The minimum Gasteiger partial charge on any atom is -0.340 e. The summed E-state index contributed by atoms with van der Waals surface area (Å²) in [6.07, 6.45) is 0. The third kappa shape index (κ3) is 4.83. The lowest BCUT2D eigenvalue weighted by molar-refractivity contribution is -0.136. The molecule has 0 spiro atoms. The van der Waals surface area contributed by atoms with Crippen LogP contribution in [0.4, 0.5) is 0 Å². The molecule has 1 saturated heterocycles. The van der Waals surface area contributed by atoms with Crippen molar-refractivity contribution in [1.29, 1.82) is 0 Å². The Balaban J connectivity index is 1.76. The van der Waals surface area contributed by atoms with E-state index in [1.54, 1.807) is 0 Å². The summed E-state index contributed by atoms with van der Waals surface area (Å²) < 4.78 is 0. The first-order valence-electron chi connectivity index (χ1n) is 7.96. The van der Waals surface area contributed by atoms with Gasteiger partial charge in [-0.25, -0.2) is 0 Å². The van der Waals surface area contributed by atoms with E-state index in [9.17, 15) is 4.79 Å². The van der Waals surface area contributed by atoms with Gasteiger partial charge < -0.3 is 10.2 Å². The van der Waals surface area contributed by atoms with Crippen molar-refractivity contribution in [3.05, 3.63) is 35.9 Å². The molecule has 1 aromatic rings. The van der Waals surface area contributed by atoms with Crippen LogP contribution in [-0.4, -0.2) is 55.0 Å². The van der Waals surface area contributed by atoms with Crippen molar-refractivity contribution in [2.75, 3.05) is 39.3 Å². The molecule has 1 fully saturated rings. The van der Waals surface area contributed by atoms with Crippen LogP contribution in [-0.2, 0) is 11.3 Å². The molecular formula is C17H27N3O. The summed E-state index contributed by atoms with van der Waals surface area (Å²) in [6, 6.07) is 10.5. The van der Waals surface area contributed by atoms with Gasteiger partial charge in [0.25, 0.3) is 0 Å². The standard InChI is InChI=1S/C17H27N3O/c1-3-18-13-15(2)17(21)20-11-9-19(10-12-20)14-16-7-5-4-6-8-16/h4-8,15,18H,3,9-14H2,1-2H3. The highest BCUT2D eigenvalue weighted by atomic mass is 16.2. The van der Waals surface area contributed by atoms with E-state index in [1.165, 1.54) is 5.56 Å². The van der Waals surface area contributed by atoms with Gasteiger partial charge in [-0.3, -0.25) is 9.69 Å². The molecule has 1 amide bonds. The second kappa shape index (κ2) is 8.15. The van der Waals surface area contributed by atoms with Crippen LogP contribution < -0.4 is 5.32 Å². The molecule has 116 valence electrons. The molecular weight excluding hydrogens is 262 g/mol. The highest BCUT2D eigenvalue weighted by molar-refractivity contribution is 5.78. The van der Waals surface area contributed by atoms with Crippen molar-refractivity contribution in [2.45, 2.75) is 20.4 Å². The molecule has 1 aliphatic heterocycles. The van der Waals surface area contributed by atoms with Crippen LogP contribution in [0, 0.1) is 5.92 Å². The quantitative estimate of drug-likeness (QED) is 0.863. The van der Waals surface area contributed by atoms with Gasteiger partial charge in [0, 0.05) is 45.2 Å². The molecule has 1 aliphatic rings. The number of hydrogen-bond acceptors (Lipinski definition) is 3. The third-order valence-electron chi connectivity index (χ3n) is 4.06.